The first-order valence-electron chi connectivity index (χ1n) is 6.77. The molecule has 0 spiro atoms. The van der Waals surface area contributed by atoms with Gasteiger partial charge in [-0.3, -0.25) is 4.90 Å². The second kappa shape index (κ2) is 10.2. The first-order chi connectivity index (χ1) is 10.4. The van der Waals surface area contributed by atoms with Gasteiger partial charge >= 0.3 is 6.36 Å². The molecule has 1 saturated heterocycles. The zero-order chi connectivity index (χ0) is 16.2. The van der Waals surface area contributed by atoms with Gasteiger partial charge in [0.25, 0.3) is 0 Å². The van der Waals surface area contributed by atoms with Gasteiger partial charge in [-0.1, -0.05) is 17.7 Å². The molecule has 0 saturated carbocycles. The Hall–Kier alpha value is -0.910. The van der Waals surface area contributed by atoms with Crippen molar-refractivity contribution in [3.05, 3.63) is 28.8 Å². The maximum atomic E-state index is 12.3. The minimum absolute atomic E-state index is 0. The molecule has 10 heteroatoms. The Kier molecular flexibility index (Phi) is 9.78. The summed E-state index contributed by atoms with van der Waals surface area (Å²) in [5.41, 5.74) is 0.711. The molecule has 1 aliphatic rings. The average Bonchev–Trinajstić information content (AvgIpc) is 2.47. The Bertz CT molecular complexity index is 560. The normalized spacial score (nSPS) is 16.3. The van der Waals surface area contributed by atoms with Crippen LogP contribution in [0.2, 0.25) is 5.02 Å². The summed E-state index contributed by atoms with van der Waals surface area (Å²) < 4.78 is 40.6. The summed E-state index contributed by atoms with van der Waals surface area (Å²) in [4.78, 5) is 2.12. The van der Waals surface area contributed by atoms with Gasteiger partial charge in [-0.2, -0.15) is 5.26 Å². The van der Waals surface area contributed by atoms with Crippen LogP contribution in [0.1, 0.15) is 18.0 Å². The van der Waals surface area contributed by atoms with Crippen LogP contribution in [0.25, 0.3) is 0 Å². The van der Waals surface area contributed by atoms with Crippen LogP contribution in [0.3, 0.4) is 0 Å². The van der Waals surface area contributed by atoms with Crippen molar-refractivity contribution in [3.8, 4) is 11.8 Å². The smallest absolute Gasteiger partial charge is 0.404 e. The van der Waals surface area contributed by atoms with Crippen LogP contribution >= 0.6 is 36.4 Å². The van der Waals surface area contributed by atoms with E-state index in [1.165, 1.54) is 18.2 Å². The molecule has 1 aliphatic heterocycles. The van der Waals surface area contributed by atoms with Crippen molar-refractivity contribution in [2.45, 2.75) is 18.8 Å². The Balaban J connectivity index is 0.00000264. The summed E-state index contributed by atoms with van der Waals surface area (Å²) in [5.74, 6) is -0.436. The highest BCUT2D eigenvalue weighted by Crippen LogP contribution is 2.34. The van der Waals surface area contributed by atoms with E-state index in [1.807, 2.05) is 0 Å². The summed E-state index contributed by atoms with van der Waals surface area (Å²) in [5, 5.41) is 12.1. The van der Waals surface area contributed by atoms with Crippen LogP contribution in [0, 0.1) is 11.3 Å². The monoisotopic (exact) mass is 405 g/mol. The molecule has 0 aliphatic carbocycles. The van der Waals surface area contributed by atoms with Crippen LogP contribution in [0.5, 0.6) is 5.75 Å². The van der Waals surface area contributed by atoms with E-state index in [2.05, 4.69) is 21.0 Å². The number of hydrogen-bond acceptors (Lipinski definition) is 4. The number of nitrogens with one attached hydrogen (secondary N) is 1. The van der Waals surface area contributed by atoms with E-state index in [4.69, 9.17) is 16.9 Å². The second-order valence-corrected chi connectivity index (χ2v) is 5.31. The summed E-state index contributed by atoms with van der Waals surface area (Å²) in [7, 11) is 0. The van der Waals surface area contributed by atoms with E-state index >= 15 is 0 Å². The van der Waals surface area contributed by atoms with E-state index in [0.29, 0.717) is 5.56 Å². The molecule has 1 aromatic carbocycles. The Labute approximate surface area is 155 Å². The third kappa shape index (κ3) is 6.54. The predicted molar refractivity (Wildman–Crippen MR) is 90.0 cm³/mol. The average molecular weight is 407 g/mol. The van der Waals surface area contributed by atoms with Crippen LogP contribution in [-0.4, -0.2) is 37.4 Å². The number of rotatable bonds is 4. The van der Waals surface area contributed by atoms with Crippen molar-refractivity contribution < 1.29 is 17.9 Å². The van der Waals surface area contributed by atoms with Crippen LogP contribution in [0.15, 0.2) is 18.2 Å². The highest BCUT2D eigenvalue weighted by Gasteiger charge is 2.32. The van der Waals surface area contributed by atoms with Gasteiger partial charge < -0.3 is 10.1 Å². The second-order valence-electron chi connectivity index (χ2n) is 4.90. The molecule has 0 amide bonds. The molecule has 24 heavy (non-hydrogen) atoms. The minimum atomic E-state index is -4.78. The molecule has 0 aromatic heterocycles. The van der Waals surface area contributed by atoms with E-state index < -0.39 is 12.1 Å². The number of nitriles is 1. The van der Waals surface area contributed by atoms with Gasteiger partial charge in [-0.25, -0.2) is 0 Å². The Morgan fingerprint density at radius 2 is 1.92 bits per heavy atom. The highest BCUT2D eigenvalue weighted by atomic mass is 35.5. The molecule has 136 valence electrons. The van der Waals surface area contributed by atoms with Gasteiger partial charge in [0.2, 0.25) is 0 Å². The number of hydrogen-bond donors (Lipinski definition) is 1. The molecular formula is C14H17Cl3F3N3O. The molecule has 4 nitrogen and oxygen atoms in total. The van der Waals surface area contributed by atoms with E-state index in [9.17, 15) is 13.2 Å². The van der Waals surface area contributed by atoms with Crippen molar-refractivity contribution in [1.29, 1.82) is 5.26 Å². The molecule has 1 heterocycles. The zero-order valence-corrected chi connectivity index (χ0v) is 14.9. The van der Waals surface area contributed by atoms with E-state index in [-0.39, 0.29) is 42.3 Å². The van der Waals surface area contributed by atoms with Gasteiger partial charge in [0, 0.05) is 32.2 Å². The van der Waals surface area contributed by atoms with Crippen molar-refractivity contribution in [2.75, 3.05) is 26.2 Å². The fraction of sp³-hybridized carbons (Fsp3) is 0.500. The Morgan fingerprint density at radius 3 is 2.42 bits per heavy atom. The van der Waals surface area contributed by atoms with Gasteiger partial charge in [0.15, 0.2) is 0 Å². The van der Waals surface area contributed by atoms with Crippen molar-refractivity contribution in [1.82, 2.24) is 10.2 Å². The molecule has 2 rings (SSSR count). The molecule has 1 fully saturated rings. The van der Waals surface area contributed by atoms with E-state index in [1.54, 1.807) is 0 Å². The third-order valence-corrected chi connectivity index (χ3v) is 3.74. The fourth-order valence-corrected chi connectivity index (χ4v) is 2.70. The number of alkyl halides is 3. The first kappa shape index (κ1) is 23.1. The molecular weight excluding hydrogens is 390 g/mol. The maximum absolute atomic E-state index is 12.3. The molecule has 0 bridgehead atoms. The lowest BCUT2D eigenvalue weighted by Gasteiger charge is -2.34. The summed E-state index contributed by atoms with van der Waals surface area (Å²) in [6, 6.07) is 6.08. The van der Waals surface area contributed by atoms with Crippen molar-refractivity contribution in [2.24, 2.45) is 0 Å². The standard InChI is InChI=1S/C14H15ClF3N3O.2ClH/c15-11-9-10(1-2-13(11)22-14(16,17)18)12(3-4-19)21-7-5-20-6-8-21;;/h1-2,9,12,20H,3,5-8H2;2*1H/t12-;;/m1../s1. The lowest BCUT2D eigenvalue weighted by atomic mass is 10.0. The largest absolute Gasteiger partial charge is 0.573 e. The molecule has 1 N–H and O–H groups in total. The molecule has 0 radical (unpaired) electrons. The van der Waals surface area contributed by atoms with Gasteiger partial charge in [-0.15, -0.1) is 38.0 Å². The first-order valence-corrected chi connectivity index (χ1v) is 7.15. The summed E-state index contributed by atoms with van der Waals surface area (Å²) in [6.45, 7) is 3.16. The summed E-state index contributed by atoms with van der Waals surface area (Å²) in [6.07, 6.45) is -4.54. The molecule has 1 atom stereocenters. The number of benzene rings is 1. The number of halogens is 6. The van der Waals surface area contributed by atoms with Crippen molar-refractivity contribution in [3.63, 3.8) is 0 Å². The Morgan fingerprint density at radius 1 is 1.29 bits per heavy atom. The minimum Gasteiger partial charge on any atom is -0.404 e. The number of nitrogens with zero attached hydrogens (tertiary/aromatic N) is 2. The van der Waals surface area contributed by atoms with Crippen LogP contribution < -0.4 is 10.1 Å². The van der Waals surface area contributed by atoms with E-state index in [0.717, 1.165) is 26.2 Å². The lowest BCUT2D eigenvalue weighted by Crippen LogP contribution is -2.45. The van der Waals surface area contributed by atoms with Gasteiger partial charge in [-0.05, 0) is 17.7 Å². The number of ether oxygens (including phenoxy) is 1. The number of piperazine rings is 1. The lowest BCUT2D eigenvalue weighted by molar-refractivity contribution is -0.274. The SMILES string of the molecule is Cl.Cl.N#CC[C@H](c1ccc(OC(F)(F)F)c(Cl)c1)N1CCNCC1. The fourth-order valence-electron chi connectivity index (χ4n) is 2.47. The van der Waals surface area contributed by atoms with Gasteiger partial charge in [0.05, 0.1) is 17.5 Å². The van der Waals surface area contributed by atoms with Crippen LogP contribution in [-0.2, 0) is 0 Å². The third-order valence-electron chi connectivity index (χ3n) is 3.44. The van der Waals surface area contributed by atoms with Crippen LogP contribution in [0.4, 0.5) is 13.2 Å². The predicted octanol–water partition coefficient (Wildman–Crippen LogP) is 3.94. The van der Waals surface area contributed by atoms with Crippen molar-refractivity contribution >= 4 is 36.4 Å². The summed E-state index contributed by atoms with van der Waals surface area (Å²) >= 11 is 5.88. The molecule has 0 unspecified atom stereocenters. The quantitative estimate of drug-likeness (QED) is 0.823. The molecule has 1 aromatic rings. The maximum Gasteiger partial charge on any atom is 0.573 e. The van der Waals surface area contributed by atoms with Gasteiger partial charge in [0.1, 0.15) is 5.75 Å². The topological polar surface area (TPSA) is 48.3 Å². The zero-order valence-electron chi connectivity index (χ0n) is 12.5. The highest BCUT2D eigenvalue weighted by molar-refractivity contribution is 6.32.